The number of carbonyl (C=O) groups is 1. The molecule has 0 heterocycles. The van der Waals surface area contributed by atoms with E-state index in [1.807, 2.05) is 30.3 Å². The number of aryl methyl sites for hydroxylation is 2. The number of ketones is 1. The van der Waals surface area contributed by atoms with Gasteiger partial charge in [0.05, 0.1) is 0 Å². The topological polar surface area (TPSA) is 17.1 Å². The van der Waals surface area contributed by atoms with Gasteiger partial charge in [-0.1, -0.05) is 52.3 Å². The summed E-state index contributed by atoms with van der Waals surface area (Å²) in [4.78, 5) is 12.3. The van der Waals surface area contributed by atoms with Crippen molar-refractivity contribution in [1.29, 1.82) is 0 Å². The van der Waals surface area contributed by atoms with Crippen molar-refractivity contribution >= 4 is 21.7 Å². The lowest BCUT2D eigenvalue weighted by atomic mass is 9.96. The SMILES string of the molecule is Cc1cccc(C)c1CC(=O)c1ccccc1Br. The van der Waals surface area contributed by atoms with Crippen LogP contribution in [0.3, 0.4) is 0 Å². The Hall–Kier alpha value is -1.41. The fourth-order valence-corrected chi connectivity index (χ4v) is 2.58. The molecule has 0 aliphatic rings. The normalized spacial score (nSPS) is 10.4. The van der Waals surface area contributed by atoms with E-state index in [2.05, 4.69) is 41.9 Å². The highest BCUT2D eigenvalue weighted by atomic mass is 79.9. The number of halogens is 1. The molecule has 2 rings (SSSR count). The van der Waals surface area contributed by atoms with Crippen LogP contribution in [0.4, 0.5) is 0 Å². The summed E-state index contributed by atoms with van der Waals surface area (Å²) in [6.07, 6.45) is 0.459. The summed E-state index contributed by atoms with van der Waals surface area (Å²) in [5, 5.41) is 0. The summed E-state index contributed by atoms with van der Waals surface area (Å²) in [5.74, 6) is 0.153. The van der Waals surface area contributed by atoms with Gasteiger partial charge in [0.15, 0.2) is 5.78 Å². The van der Waals surface area contributed by atoms with Crippen molar-refractivity contribution in [2.75, 3.05) is 0 Å². The van der Waals surface area contributed by atoms with E-state index in [9.17, 15) is 4.79 Å². The smallest absolute Gasteiger partial charge is 0.168 e. The number of hydrogen-bond donors (Lipinski definition) is 0. The molecule has 0 radical (unpaired) electrons. The molecule has 0 saturated heterocycles. The lowest BCUT2D eigenvalue weighted by Gasteiger charge is -2.09. The fraction of sp³-hybridized carbons (Fsp3) is 0.188. The molecule has 2 heteroatoms. The molecule has 0 N–H and O–H groups in total. The Balaban J connectivity index is 2.30. The van der Waals surface area contributed by atoms with Gasteiger partial charge in [0.25, 0.3) is 0 Å². The third kappa shape index (κ3) is 2.70. The van der Waals surface area contributed by atoms with E-state index in [0.717, 1.165) is 15.6 Å². The molecular formula is C16H15BrO. The Morgan fingerprint density at radius 1 is 1.00 bits per heavy atom. The molecule has 0 atom stereocenters. The van der Waals surface area contributed by atoms with Crippen molar-refractivity contribution in [3.05, 3.63) is 69.2 Å². The first-order chi connectivity index (χ1) is 8.59. The van der Waals surface area contributed by atoms with Crippen LogP contribution in [0.2, 0.25) is 0 Å². The van der Waals surface area contributed by atoms with Gasteiger partial charge in [0.1, 0.15) is 0 Å². The molecular weight excluding hydrogens is 288 g/mol. The van der Waals surface area contributed by atoms with E-state index in [1.165, 1.54) is 11.1 Å². The van der Waals surface area contributed by atoms with Crippen LogP contribution >= 0.6 is 15.9 Å². The van der Waals surface area contributed by atoms with Gasteiger partial charge in [-0.25, -0.2) is 0 Å². The number of benzene rings is 2. The Bertz CT molecular complexity index is 567. The summed E-state index contributed by atoms with van der Waals surface area (Å²) in [6, 6.07) is 13.7. The third-order valence-corrected chi connectivity index (χ3v) is 3.85. The first-order valence-corrected chi connectivity index (χ1v) is 6.71. The minimum atomic E-state index is 0.153. The second kappa shape index (κ2) is 5.49. The standard InChI is InChI=1S/C16H15BrO/c1-11-6-5-7-12(2)14(11)10-16(18)13-8-3-4-9-15(13)17/h3-9H,10H2,1-2H3. The summed E-state index contributed by atoms with van der Waals surface area (Å²) < 4.78 is 0.862. The van der Waals surface area contributed by atoms with Gasteiger partial charge in [-0.05, 0) is 36.6 Å². The number of carbonyl (C=O) groups excluding carboxylic acids is 1. The largest absolute Gasteiger partial charge is 0.294 e. The van der Waals surface area contributed by atoms with Crippen LogP contribution in [-0.4, -0.2) is 5.78 Å². The second-order valence-electron chi connectivity index (χ2n) is 4.45. The van der Waals surface area contributed by atoms with E-state index >= 15 is 0 Å². The zero-order valence-electron chi connectivity index (χ0n) is 10.5. The quantitative estimate of drug-likeness (QED) is 0.763. The van der Waals surface area contributed by atoms with Gasteiger partial charge in [0, 0.05) is 16.5 Å². The zero-order chi connectivity index (χ0) is 13.1. The van der Waals surface area contributed by atoms with Crippen molar-refractivity contribution in [1.82, 2.24) is 0 Å². The highest BCUT2D eigenvalue weighted by molar-refractivity contribution is 9.10. The van der Waals surface area contributed by atoms with E-state index in [0.29, 0.717) is 6.42 Å². The van der Waals surface area contributed by atoms with Crippen molar-refractivity contribution < 1.29 is 4.79 Å². The second-order valence-corrected chi connectivity index (χ2v) is 5.30. The van der Waals surface area contributed by atoms with Crippen molar-refractivity contribution in [2.24, 2.45) is 0 Å². The molecule has 0 amide bonds. The molecule has 0 unspecified atom stereocenters. The molecule has 18 heavy (non-hydrogen) atoms. The highest BCUT2D eigenvalue weighted by Crippen LogP contribution is 2.20. The Morgan fingerprint density at radius 2 is 1.61 bits per heavy atom. The van der Waals surface area contributed by atoms with Gasteiger partial charge in [0.2, 0.25) is 0 Å². The van der Waals surface area contributed by atoms with Gasteiger partial charge in [-0.15, -0.1) is 0 Å². The number of rotatable bonds is 3. The Kier molecular flexibility index (Phi) is 3.97. The zero-order valence-corrected chi connectivity index (χ0v) is 12.1. The summed E-state index contributed by atoms with van der Waals surface area (Å²) in [5.41, 5.74) is 4.24. The predicted molar refractivity (Wildman–Crippen MR) is 78.1 cm³/mol. The minimum absolute atomic E-state index is 0.153. The van der Waals surface area contributed by atoms with Crippen LogP contribution in [0.15, 0.2) is 46.9 Å². The first kappa shape index (κ1) is 13.0. The van der Waals surface area contributed by atoms with Crippen molar-refractivity contribution in [2.45, 2.75) is 20.3 Å². The van der Waals surface area contributed by atoms with Crippen LogP contribution in [0.5, 0.6) is 0 Å². The van der Waals surface area contributed by atoms with E-state index in [-0.39, 0.29) is 5.78 Å². The molecule has 0 aliphatic heterocycles. The summed E-state index contributed by atoms with van der Waals surface area (Å²) in [6.45, 7) is 4.10. The molecule has 0 bridgehead atoms. The Labute approximate surface area is 116 Å². The van der Waals surface area contributed by atoms with Gasteiger partial charge < -0.3 is 0 Å². The van der Waals surface area contributed by atoms with Crippen LogP contribution in [-0.2, 0) is 6.42 Å². The maximum Gasteiger partial charge on any atom is 0.168 e. The molecule has 0 aliphatic carbocycles. The fourth-order valence-electron chi connectivity index (χ4n) is 2.07. The molecule has 1 nitrogen and oxygen atoms in total. The molecule has 0 saturated carbocycles. The van der Waals surface area contributed by atoms with E-state index < -0.39 is 0 Å². The lowest BCUT2D eigenvalue weighted by molar-refractivity contribution is 0.0992. The molecule has 2 aromatic carbocycles. The summed E-state index contributed by atoms with van der Waals surface area (Å²) in [7, 11) is 0. The number of hydrogen-bond acceptors (Lipinski definition) is 1. The van der Waals surface area contributed by atoms with Gasteiger partial charge in [-0.3, -0.25) is 4.79 Å². The lowest BCUT2D eigenvalue weighted by Crippen LogP contribution is -2.07. The van der Waals surface area contributed by atoms with E-state index in [4.69, 9.17) is 0 Å². The number of Topliss-reactive ketones (excluding diaryl/α,β-unsaturated/α-hetero) is 1. The van der Waals surface area contributed by atoms with Gasteiger partial charge in [-0.2, -0.15) is 0 Å². The van der Waals surface area contributed by atoms with Crippen molar-refractivity contribution in [3.63, 3.8) is 0 Å². The first-order valence-electron chi connectivity index (χ1n) is 5.92. The predicted octanol–water partition coefficient (Wildman–Crippen LogP) is 4.49. The molecule has 0 fully saturated rings. The monoisotopic (exact) mass is 302 g/mol. The third-order valence-electron chi connectivity index (χ3n) is 3.16. The molecule has 0 aromatic heterocycles. The molecule has 0 spiro atoms. The van der Waals surface area contributed by atoms with E-state index in [1.54, 1.807) is 0 Å². The van der Waals surface area contributed by atoms with Gasteiger partial charge >= 0.3 is 0 Å². The molecule has 2 aromatic rings. The highest BCUT2D eigenvalue weighted by Gasteiger charge is 2.12. The maximum absolute atomic E-state index is 12.3. The van der Waals surface area contributed by atoms with Crippen LogP contribution in [0, 0.1) is 13.8 Å². The average molecular weight is 303 g/mol. The summed E-state index contributed by atoms with van der Waals surface area (Å²) >= 11 is 3.43. The average Bonchev–Trinajstić information content (AvgIpc) is 2.34. The van der Waals surface area contributed by atoms with Crippen LogP contribution in [0.1, 0.15) is 27.0 Å². The van der Waals surface area contributed by atoms with Crippen molar-refractivity contribution in [3.8, 4) is 0 Å². The Morgan fingerprint density at radius 3 is 2.22 bits per heavy atom. The van der Waals surface area contributed by atoms with Crippen LogP contribution in [0.25, 0.3) is 0 Å². The molecule has 92 valence electrons. The maximum atomic E-state index is 12.3. The van der Waals surface area contributed by atoms with Crippen LogP contribution < -0.4 is 0 Å². The minimum Gasteiger partial charge on any atom is -0.294 e.